The molecular weight excluding hydrogens is 365 g/mol. The summed E-state index contributed by atoms with van der Waals surface area (Å²) in [6, 6.07) is 8.35. The summed E-state index contributed by atoms with van der Waals surface area (Å²) in [5.74, 6) is -0.127. The highest BCUT2D eigenvalue weighted by Gasteiger charge is 2.31. The third-order valence-corrected chi connectivity index (χ3v) is 4.64. The number of hydrogen-bond donors (Lipinski definition) is 0. The number of benzene rings is 1. The van der Waals surface area contributed by atoms with E-state index in [-0.39, 0.29) is 11.5 Å². The lowest BCUT2D eigenvalue weighted by atomic mass is 10.2. The van der Waals surface area contributed by atoms with Crippen molar-refractivity contribution < 1.29 is 18.0 Å². The number of nitrogens with zero attached hydrogens (tertiary/aromatic N) is 4. The van der Waals surface area contributed by atoms with Crippen LogP contribution >= 0.6 is 11.3 Å². The van der Waals surface area contributed by atoms with Gasteiger partial charge in [0.05, 0.1) is 16.1 Å². The van der Waals surface area contributed by atoms with Crippen molar-refractivity contribution in [3.05, 3.63) is 53.2 Å². The van der Waals surface area contributed by atoms with Crippen molar-refractivity contribution in [3.63, 3.8) is 0 Å². The summed E-state index contributed by atoms with van der Waals surface area (Å²) >= 11 is 1.36. The zero-order valence-corrected chi connectivity index (χ0v) is 14.8. The van der Waals surface area contributed by atoms with Crippen LogP contribution in [0.2, 0.25) is 0 Å². The van der Waals surface area contributed by atoms with E-state index in [0.717, 1.165) is 12.1 Å². The average Bonchev–Trinajstić information content (AvgIpc) is 3.29. The summed E-state index contributed by atoms with van der Waals surface area (Å²) in [6.45, 7) is 2.27. The zero-order chi connectivity index (χ0) is 18.9. The molecular formula is C17H15F3N4OS. The largest absolute Gasteiger partial charge is 0.416 e. The Labute approximate surface area is 151 Å². The van der Waals surface area contributed by atoms with Crippen LogP contribution in [0.25, 0.3) is 16.4 Å². The van der Waals surface area contributed by atoms with Crippen LogP contribution in [-0.4, -0.2) is 39.2 Å². The smallest absolute Gasteiger partial charge is 0.339 e. The fraction of sp³-hybridized carbons (Fsp3) is 0.235. The van der Waals surface area contributed by atoms with Gasteiger partial charge in [-0.2, -0.15) is 13.2 Å². The van der Waals surface area contributed by atoms with Crippen LogP contribution in [0.1, 0.15) is 23.1 Å². The fourth-order valence-corrected chi connectivity index (χ4v) is 2.97. The van der Waals surface area contributed by atoms with E-state index in [1.165, 1.54) is 33.1 Å². The molecule has 0 atom stereocenters. The lowest BCUT2D eigenvalue weighted by Crippen LogP contribution is -2.27. The van der Waals surface area contributed by atoms with Gasteiger partial charge in [0, 0.05) is 13.6 Å². The summed E-state index contributed by atoms with van der Waals surface area (Å²) in [7, 11) is 1.61. The monoisotopic (exact) mass is 380 g/mol. The number of halogens is 3. The van der Waals surface area contributed by atoms with Gasteiger partial charge in [-0.3, -0.25) is 4.79 Å². The molecule has 0 bridgehead atoms. The third-order valence-electron chi connectivity index (χ3n) is 3.78. The SMILES string of the molecule is CCN(C)C(=O)c1nc(-c2cccs2)n(-c2cccc(C(F)(F)F)c2)n1. The maximum absolute atomic E-state index is 13.0. The van der Waals surface area contributed by atoms with Gasteiger partial charge in [0.15, 0.2) is 5.82 Å². The van der Waals surface area contributed by atoms with E-state index in [2.05, 4.69) is 10.1 Å². The normalized spacial score (nSPS) is 11.6. The number of carbonyl (C=O) groups is 1. The summed E-state index contributed by atoms with van der Waals surface area (Å²) in [5.41, 5.74) is -0.602. The van der Waals surface area contributed by atoms with Crippen LogP contribution in [-0.2, 0) is 6.18 Å². The molecule has 136 valence electrons. The second-order valence-electron chi connectivity index (χ2n) is 5.52. The van der Waals surface area contributed by atoms with Gasteiger partial charge in [0.2, 0.25) is 5.82 Å². The Morgan fingerprint density at radius 2 is 2.04 bits per heavy atom. The molecule has 1 aromatic carbocycles. The molecule has 0 spiro atoms. The molecule has 26 heavy (non-hydrogen) atoms. The van der Waals surface area contributed by atoms with Gasteiger partial charge in [-0.15, -0.1) is 16.4 Å². The number of aromatic nitrogens is 3. The molecule has 3 rings (SSSR count). The highest BCUT2D eigenvalue weighted by Crippen LogP contribution is 2.32. The van der Waals surface area contributed by atoms with Crippen molar-refractivity contribution in [2.45, 2.75) is 13.1 Å². The molecule has 0 saturated heterocycles. The maximum Gasteiger partial charge on any atom is 0.416 e. The van der Waals surface area contributed by atoms with Crippen LogP contribution in [0.15, 0.2) is 41.8 Å². The number of carbonyl (C=O) groups excluding carboxylic acids is 1. The minimum atomic E-state index is -4.47. The fourth-order valence-electron chi connectivity index (χ4n) is 2.28. The van der Waals surface area contributed by atoms with Crippen LogP contribution in [0.3, 0.4) is 0 Å². The molecule has 0 fully saturated rings. The minimum Gasteiger partial charge on any atom is -0.339 e. The van der Waals surface area contributed by atoms with E-state index in [9.17, 15) is 18.0 Å². The highest BCUT2D eigenvalue weighted by molar-refractivity contribution is 7.13. The number of hydrogen-bond acceptors (Lipinski definition) is 4. The van der Waals surface area contributed by atoms with Crippen molar-refractivity contribution in [1.82, 2.24) is 19.7 Å². The van der Waals surface area contributed by atoms with Crippen LogP contribution in [0, 0.1) is 0 Å². The Hall–Kier alpha value is -2.68. The van der Waals surface area contributed by atoms with Gasteiger partial charge in [-0.1, -0.05) is 12.1 Å². The quantitative estimate of drug-likeness (QED) is 0.685. The first-order valence-electron chi connectivity index (χ1n) is 7.75. The molecule has 5 nitrogen and oxygen atoms in total. The first-order chi connectivity index (χ1) is 12.3. The summed E-state index contributed by atoms with van der Waals surface area (Å²) in [4.78, 5) is 18.8. The first kappa shape index (κ1) is 18.1. The van der Waals surface area contributed by atoms with Crippen molar-refractivity contribution in [1.29, 1.82) is 0 Å². The van der Waals surface area contributed by atoms with Gasteiger partial charge in [-0.05, 0) is 36.6 Å². The number of rotatable bonds is 4. The van der Waals surface area contributed by atoms with Crippen LogP contribution < -0.4 is 0 Å². The Kier molecular flexibility index (Phi) is 4.82. The second-order valence-corrected chi connectivity index (χ2v) is 6.46. The van der Waals surface area contributed by atoms with Crippen molar-refractivity contribution >= 4 is 17.2 Å². The van der Waals surface area contributed by atoms with Crippen molar-refractivity contribution in [2.75, 3.05) is 13.6 Å². The van der Waals surface area contributed by atoms with Gasteiger partial charge in [-0.25, -0.2) is 9.67 Å². The first-order valence-corrected chi connectivity index (χ1v) is 8.63. The molecule has 0 aliphatic rings. The predicted octanol–water partition coefficient (Wildman–Crippen LogP) is 4.11. The Balaban J connectivity index is 2.14. The van der Waals surface area contributed by atoms with Gasteiger partial charge < -0.3 is 4.90 Å². The highest BCUT2D eigenvalue weighted by atomic mass is 32.1. The second kappa shape index (κ2) is 6.91. The predicted molar refractivity (Wildman–Crippen MR) is 92.3 cm³/mol. The molecule has 0 saturated carbocycles. The van der Waals surface area contributed by atoms with E-state index in [1.54, 1.807) is 19.2 Å². The lowest BCUT2D eigenvalue weighted by Gasteiger charge is -2.11. The van der Waals surface area contributed by atoms with Crippen molar-refractivity contribution in [3.8, 4) is 16.4 Å². The summed E-state index contributed by atoms with van der Waals surface area (Å²) in [6.07, 6.45) is -4.47. The molecule has 0 aliphatic heterocycles. The molecule has 1 amide bonds. The molecule has 0 aliphatic carbocycles. The zero-order valence-electron chi connectivity index (χ0n) is 14.0. The molecule has 0 radical (unpaired) electrons. The third kappa shape index (κ3) is 3.48. The van der Waals surface area contributed by atoms with Gasteiger partial charge >= 0.3 is 6.18 Å². The molecule has 3 aromatic rings. The Bertz CT molecular complexity index is 918. The average molecular weight is 380 g/mol. The van der Waals surface area contributed by atoms with Crippen molar-refractivity contribution in [2.24, 2.45) is 0 Å². The Morgan fingerprint density at radius 1 is 1.27 bits per heavy atom. The van der Waals surface area contributed by atoms with E-state index < -0.39 is 17.6 Å². The molecule has 0 N–H and O–H groups in total. The van der Waals surface area contributed by atoms with Crippen LogP contribution in [0.4, 0.5) is 13.2 Å². The van der Waals surface area contributed by atoms with Gasteiger partial charge in [0.25, 0.3) is 5.91 Å². The summed E-state index contributed by atoms with van der Waals surface area (Å²) in [5, 5.41) is 6.00. The number of thiophene rings is 1. The molecule has 9 heteroatoms. The molecule has 0 unspecified atom stereocenters. The van der Waals surface area contributed by atoms with Crippen LogP contribution in [0.5, 0.6) is 0 Å². The Morgan fingerprint density at radius 3 is 2.65 bits per heavy atom. The lowest BCUT2D eigenvalue weighted by molar-refractivity contribution is -0.137. The van der Waals surface area contributed by atoms with E-state index >= 15 is 0 Å². The summed E-state index contributed by atoms with van der Waals surface area (Å²) < 4.78 is 40.4. The topological polar surface area (TPSA) is 51.0 Å². The number of amides is 1. The minimum absolute atomic E-state index is 0.0600. The van der Waals surface area contributed by atoms with Gasteiger partial charge in [0.1, 0.15) is 0 Å². The van der Waals surface area contributed by atoms with E-state index in [0.29, 0.717) is 17.2 Å². The molecule has 2 aromatic heterocycles. The maximum atomic E-state index is 13.0. The molecule has 2 heterocycles. The number of alkyl halides is 3. The van der Waals surface area contributed by atoms with E-state index in [4.69, 9.17) is 0 Å². The van der Waals surface area contributed by atoms with E-state index in [1.807, 2.05) is 12.3 Å². The standard InChI is InChI=1S/C17H15F3N4OS/c1-3-23(2)16(25)14-21-15(13-8-5-9-26-13)24(22-14)12-7-4-6-11(10-12)17(18,19)20/h4-10H,3H2,1-2H3.